The second kappa shape index (κ2) is 9.52. The average Bonchev–Trinajstić information content (AvgIpc) is 3.41. The first kappa shape index (κ1) is 23.1. The van der Waals surface area contributed by atoms with Crippen LogP contribution < -0.4 is 9.64 Å². The van der Waals surface area contributed by atoms with Crippen LogP contribution in [0.15, 0.2) is 83.9 Å². The fraction of sp³-hybridized carbons (Fsp3) is 0.107. The number of ether oxygens (including phenoxy) is 1. The van der Waals surface area contributed by atoms with Crippen LogP contribution in [0, 0.1) is 13.8 Å². The second-order valence-corrected chi connectivity index (χ2v) is 9.87. The summed E-state index contributed by atoms with van der Waals surface area (Å²) in [5.74, 6) is 0.651. The van der Waals surface area contributed by atoms with Crippen LogP contribution in [0.25, 0.3) is 23.0 Å². The molecule has 174 valence electrons. The van der Waals surface area contributed by atoms with E-state index >= 15 is 0 Å². The van der Waals surface area contributed by atoms with Gasteiger partial charge in [0.2, 0.25) is 0 Å². The molecule has 7 heteroatoms. The summed E-state index contributed by atoms with van der Waals surface area (Å²) in [5.41, 5.74) is 6.35. The normalized spacial score (nSPS) is 14.7. The van der Waals surface area contributed by atoms with Gasteiger partial charge in [-0.1, -0.05) is 60.4 Å². The monoisotopic (exact) mass is 497 g/mol. The lowest BCUT2D eigenvalue weighted by Gasteiger charge is -2.19. The molecule has 5 nitrogen and oxygen atoms in total. The molecule has 3 aromatic carbocycles. The van der Waals surface area contributed by atoms with Crippen LogP contribution in [0.3, 0.4) is 0 Å². The minimum atomic E-state index is -0.120. The lowest BCUT2D eigenvalue weighted by molar-refractivity contribution is -0.113. The van der Waals surface area contributed by atoms with Crippen molar-refractivity contribution in [2.45, 2.75) is 13.8 Å². The van der Waals surface area contributed by atoms with Crippen LogP contribution >= 0.6 is 24.0 Å². The van der Waals surface area contributed by atoms with Gasteiger partial charge < -0.3 is 4.74 Å². The molecule has 1 amide bonds. The maximum Gasteiger partial charge on any atom is 0.270 e. The van der Waals surface area contributed by atoms with E-state index in [0.29, 0.717) is 9.23 Å². The Labute approximate surface area is 214 Å². The van der Waals surface area contributed by atoms with Crippen molar-refractivity contribution in [1.29, 1.82) is 0 Å². The third kappa shape index (κ3) is 4.40. The zero-order valence-electron chi connectivity index (χ0n) is 19.6. The third-order valence-electron chi connectivity index (χ3n) is 5.87. The SMILES string of the molecule is COc1ccc(-c2nn(-c3ccccc3)cc2/C=C2\SC(=S)N(c3c(C)cccc3C)C2=O)cc1. The van der Waals surface area contributed by atoms with Gasteiger partial charge in [0, 0.05) is 17.3 Å². The number of carbonyl (C=O) groups is 1. The molecule has 0 atom stereocenters. The lowest BCUT2D eigenvalue weighted by Crippen LogP contribution is -2.29. The average molecular weight is 498 g/mol. The summed E-state index contributed by atoms with van der Waals surface area (Å²) in [5, 5.41) is 4.86. The van der Waals surface area contributed by atoms with Crippen LogP contribution in [-0.2, 0) is 4.79 Å². The molecule has 35 heavy (non-hydrogen) atoms. The van der Waals surface area contributed by atoms with Gasteiger partial charge in [0.1, 0.15) is 5.75 Å². The maximum absolute atomic E-state index is 13.5. The number of methoxy groups -OCH3 is 1. The van der Waals surface area contributed by atoms with Gasteiger partial charge in [0.25, 0.3) is 5.91 Å². The van der Waals surface area contributed by atoms with Crippen molar-refractivity contribution < 1.29 is 9.53 Å². The zero-order chi connectivity index (χ0) is 24.5. The zero-order valence-corrected chi connectivity index (χ0v) is 21.2. The first-order valence-electron chi connectivity index (χ1n) is 11.1. The largest absolute Gasteiger partial charge is 0.497 e. The highest BCUT2D eigenvalue weighted by Crippen LogP contribution is 2.39. The molecule has 5 rings (SSSR count). The Morgan fingerprint density at radius 1 is 0.943 bits per heavy atom. The van der Waals surface area contributed by atoms with E-state index in [2.05, 4.69) is 0 Å². The number of thioether (sulfide) groups is 1. The summed E-state index contributed by atoms with van der Waals surface area (Å²) in [7, 11) is 1.64. The Bertz CT molecular complexity index is 1440. The van der Waals surface area contributed by atoms with Gasteiger partial charge in [-0.3, -0.25) is 9.69 Å². The summed E-state index contributed by atoms with van der Waals surface area (Å²) in [6, 6.07) is 23.6. The highest BCUT2D eigenvalue weighted by atomic mass is 32.2. The fourth-order valence-corrected chi connectivity index (χ4v) is 5.40. The third-order valence-corrected chi connectivity index (χ3v) is 7.17. The van der Waals surface area contributed by atoms with E-state index in [-0.39, 0.29) is 5.91 Å². The molecular weight excluding hydrogens is 474 g/mol. The summed E-state index contributed by atoms with van der Waals surface area (Å²) in [6.45, 7) is 3.99. The Hall–Kier alpha value is -3.68. The summed E-state index contributed by atoms with van der Waals surface area (Å²) >= 11 is 6.96. The lowest BCUT2D eigenvalue weighted by atomic mass is 10.1. The maximum atomic E-state index is 13.5. The number of hydrogen-bond donors (Lipinski definition) is 0. The van der Waals surface area contributed by atoms with Crippen LogP contribution in [0.4, 0.5) is 5.69 Å². The molecule has 0 N–H and O–H groups in total. The van der Waals surface area contributed by atoms with E-state index in [4.69, 9.17) is 22.1 Å². The van der Waals surface area contributed by atoms with Crippen molar-refractivity contribution in [3.8, 4) is 22.7 Å². The van der Waals surface area contributed by atoms with E-state index in [1.807, 2.05) is 104 Å². The highest BCUT2D eigenvalue weighted by molar-refractivity contribution is 8.27. The van der Waals surface area contributed by atoms with Gasteiger partial charge in [0.05, 0.1) is 29.1 Å². The van der Waals surface area contributed by atoms with E-state index in [1.54, 1.807) is 12.0 Å². The molecule has 0 aliphatic carbocycles. The number of rotatable bonds is 5. The van der Waals surface area contributed by atoms with Crippen LogP contribution in [0.5, 0.6) is 5.75 Å². The topological polar surface area (TPSA) is 47.4 Å². The van der Waals surface area contributed by atoms with Gasteiger partial charge in [-0.2, -0.15) is 5.10 Å². The van der Waals surface area contributed by atoms with Gasteiger partial charge in [0.15, 0.2) is 4.32 Å². The van der Waals surface area contributed by atoms with Crippen LogP contribution in [0.1, 0.15) is 16.7 Å². The number of para-hydroxylation sites is 2. The summed E-state index contributed by atoms with van der Waals surface area (Å²) in [6.07, 6.45) is 3.83. The van der Waals surface area contributed by atoms with Crippen LogP contribution in [0.2, 0.25) is 0 Å². The standard InChI is InChI=1S/C28H23N3O2S2/c1-18-8-7-9-19(2)26(18)31-27(32)24(35-28(31)34)16-21-17-30(22-10-5-4-6-11-22)29-25(21)20-12-14-23(33-3)15-13-20/h4-17H,1-3H3/b24-16-. The van der Waals surface area contributed by atoms with E-state index < -0.39 is 0 Å². The van der Waals surface area contributed by atoms with Gasteiger partial charge >= 0.3 is 0 Å². The van der Waals surface area contributed by atoms with Gasteiger partial charge in [-0.15, -0.1) is 0 Å². The summed E-state index contributed by atoms with van der Waals surface area (Å²) < 4.78 is 7.67. The van der Waals surface area contributed by atoms with E-state index in [9.17, 15) is 4.79 Å². The second-order valence-electron chi connectivity index (χ2n) is 8.20. The molecule has 4 aromatic rings. The molecule has 2 heterocycles. The number of nitrogens with zero attached hydrogens (tertiary/aromatic N) is 3. The quantitative estimate of drug-likeness (QED) is 0.231. The molecule has 1 fully saturated rings. The van der Waals surface area contributed by atoms with Crippen molar-refractivity contribution in [2.75, 3.05) is 12.0 Å². The summed E-state index contributed by atoms with van der Waals surface area (Å²) in [4.78, 5) is 15.8. The molecule has 1 aromatic heterocycles. The van der Waals surface area contributed by atoms with Crippen molar-refractivity contribution in [3.63, 3.8) is 0 Å². The Morgan fingerprint density at radius 3 is 2.29 bits per heavy atom. The van der Waals surface area contributed by atoms with E-state index in [0.717, 1.165) is 45.1 Å². The molecule has 1 saturated heterocycles. The first-order chi connectivity index (χ1) is 17.0. The van der Waals surface area contributed by atoms with Gasteiger partial charge in [-0.25, -0.2) is 4.68 Å². The number of aromatic nitrogens is 2. The Balaban J connectivity index is 1.59. The number of amides is 1. The number of thiocarbonyl (C=S) groups is 1. The van der Waals surface area contributed by atoms with E-state index in [1.165, 1.54) is 11.8 Å². The first-order valence-corrected chi connectivity index (χ1v) is 12.3. The predicted octanol–water partition coefficient (Wildman–Crippen LogP) is 6.57. The number of hydrogen-bond acceptors (Lipinski definition) is 5. The van der Waals surface area contributed by atoms with Gasteiger partial charge in [-0.05, 0) is 67.4 Å². The Morgan fingerprint density at radius 2 is 1.63 bits per heavy atom. The molecule has 0 spiro atoms. The minimum Gasteiger partial charge on any atom is -0.497 e. The molecule has 1 aliphatic rings. The molecule has 0 saturated carbocycles. The molecular formula is C28H23N3O2S2. The van der Waals surface area contributed by atoms with Crippen molar-refractivity contribution in [1.82, 2.24) is 9.78 Å². The van der Waals surface area contributed by atoms with Crippen molar-refractivity contribution in [3.05, 3.63) is 101 Å². The number of benzene rings is 3. The smallest absolute Gasteiger partial charge is 0.270 e. The molecule has 0 unspecified atom stereocenters. The predicted molar refractivity (Wildman–Crippen MR) is 147 cm³/mol. The highest BCUT2D eigenvalue weighted by Gasteiger charge is 2.35. The minimum absolute atomic E-state index is 0.120. The number of anilines is 1. The molecule has 1 aliphatic heterocycles. The molecule has 0 bridgehead atoms. The van der Waals surface area contributed by atoms with Crippen molar-refractivity contribution in [2.24, 2.45) is 0 Å². The number of aryl methyl sites for hydroxylation is 2. The van der Waals surface area contributed by atoms with Crippen molar-refractivity contribution >= 4 is 46.0 Å². The number of carbonyl (C=O) groups excluding carboxylic acids is 1. The molecule has 0 radical (unpaired) electrons. The fourth-order valence-electron chi connectivity index (χ4n) is 4.14. The Kier molecular flexibility index (Phi) is 6.28. The van der Waals surface area contributed by atoms with Crippen LogP contribution in [-0.4, -0.2) is 27.1 Å².